The van der Waals surface area contributed by atoms with E-state index in [1.807, 2.05) is 23.5 Å². The fraction of sp³-hybridized carbons (Fsp3) is 0.222. The molecule has 2 rings (SSSR count). The minimum atomic E-state index is -0.0571. The summed E-state index contributed by atoms with van der Waals surface area (Å²) in [7, 11) is 0. The van der Waals surface area contributed by atoms with Crippen LogP contribution in [-0.4, -0.2) is 18.2 Å². The summed E-state index contributed by atoms with van der Waals surface area (Å²) in [4.78, 5) is 23.2. The minimum Gasteiger partial charge on any atom is -0.333 e. The zero-order chi connectivity index (χ0) is 15.9. The van der Waals surface area contributed by atoms with Crippen molar-refractivity contribution >= 4 is 17.4 Å². The highest BCUT2D eigenvalue weighted by Crippen LogP contribution is 2.10. The molecule has 0 aromatic heterocycles. The van der Waals surface area contributed by atoms with Gasteiger partial charge in [-0.2, -0.15) is 0 Å². The topological polar surface area (TPSA) is 62.8 Å². The second-order valence-electron chi connectivity index (χ2n) is 5.32. The second kappa shape index (κ2) is 7.52. The van der Waals surface area contributed by atoms with Gasteiger partial charge in [-0.25, -0.2) is 0 Å². The van der Waals surface area contributed by atoms with Gasteiger partial charge in [0.25, 0.3) is 5.91 Å². The number of nitrogens with one attached hydrogen (secondary N) is 1. The first-order valence-electron chi connectivity index (χ1n) is 7.35. The van der Waals surface area contributed by atoms with Crippen molar-refractivity contribution in [3.05, 3.63) is 65.7 Å². The van der Waals surface area contributed by atoms with Crippen molar-refractivity contribution < 1.29 is 14.9 Å². The van der Waals surface area contributed by atoms with E-state index in [4.69, 9.17) is 0 Å². The first-order valence-corrected chi connectivity index (χ1v) is 7.35. The normalized spacial score (nSPS) is 11.7. The third-order valence-electron chi connectivity index (χ3n) is 3.56. The molecule has 0 fully saturated rings. The van der Waals surface area contributed by atoms with Crippen LogP contribution in [0.25, 0.3) is 0 Å². The number of rotatable bonds is 6. The molecular formula is C18H21N2O2+. The number of hydrogen-bond acceptors (Lipinski definition) is 2. The van der Waals surface area contributed by atoms with Crippen molar-refractivity contribution in [3.63, 3.8) is 0 Å². The van der Waals surface area contributed by atoms with E-state index in [1.54, 1.807) is 24.3 Å². The number of nitrogens with two attached hydrogens (primary N) is 1. The molecule has 22 heavy (non-hydrogen) atoms. The molecule has 0 bridgehead atoms. The number of carbonyl (C=O) groups excluding carboxylic acids is 2. The Balaban J connectivity index is 1.84. The summed E-state index contributed by atoms with van der Waals surface area (Å²) in [5.74, 6) is -0.0405. The number of hydrogen-bond donors (Lipinski definition) is 2. The Hall–Kier alpha value is -2.46. The van der Waals surface area contributed by atoms with Crippen LogP contribution in [0.15, 0.2) is 54.6 Å². The van der Waals surface area contributed by atoms with Crippen LogP contribution < -0.4 is 10.6 Å². The molecule has 0 saturated carbocycles. The van der Waals surface area contributed by atoms with Crippen LogP contribution in [0.2, 0.25) is 0 Å². The van der Waals surface area contributed by atoms with Gasteiger partial charge in [0.2, 0.25) is 0 Å². The van der Waals surface area contributed by atoms with Crippen LogP contribution in [0.1, 0.15) is 35.8 Å². The van der Waals surface area contributed by atoms with Gasteiger partial charge in [0, 0.05) is 16.8 Å². The predicted octanol–water partition coefficient (Wildman–Crippen LogP) is 2.15. The highest BCUT2D eigenvalue weighted by atomic mass is 16.2. The third kappa shape index (κ3) is 4.53. The van der Waals surface area contributed by atoms with E-state index < -0.39 is 0 Å². The van der Waals surface area contributed by atoms with Crippen LogP contribution in [0.3, 0.4) is 0 Å². The summed E-state index contributed by atoms with van der Waals surface area (Å²) >= 11 is 0. The Morgan fingerprint density at radius 2 is 1.68 bits per heavy atom. The minimum absolute atomic E-state index is 0.0166. The number of anilines is 1. The monoisotopic (exact) mass is 297 g/mol. The van der Waals surface area contributed by atoms with E-state index in [-0.39, 0.29) is 17.7 Å². The smallest absolute Gasteiger partial charge is 0.279 e. The number of carbonyl (C=O) groups is 2. The first kappa shape index (κ1) is 15.9. The van der Waals surface area contributed by atoms with Crippen LogP contribution in [0, 0.1) is 0 Å². The lowest BCUT2D eigenvalue weighted by Gasteiger charge is -2.11. The van der Waals surface area contributed by atoms with E-state index in [0.717, 1.165) is 0 Å². The largest absolute Gasteiger partial charge is 0.333 e. The average molecular weight is 297 g/mol. The summed E-state index contributed by atoms with van der Waals surface area (Å²) in [5.41, 5.74) is 2.54. The second-order valence-corrected chi connectivity index (χ2v) is 5.32. The molecule has 4 heteroatoms. The van der Waals surface area contributed by atoms with Crippen LogP contribution in [0.5, 0.6) is 0 Å². The Morgan fingerprint density at radius 1 is 1.05 bits per heavy atom. The Bertz CT molecular complexity index is 636. The number of benzene rings is 2. The molecule has 0 aliphatic carbocycles. The SMILES string of the molecule is CC(=O)c1ccc(NC(=O)C[NH2+][C@@H](C)c2ccccc2)cc1. The molecule has 0 aliphatic rings. The first-order chi connectivity index (χ1) is 10.6. The van der Waals surface area contributed by atoms with Crippen LogP contribution in [0.4, 0.5) is 5.69 Å². The van der Waals surface area contributed by atoms with Crippen molar-refractivity contribution in [1.82, 2.24) is 0 Å². The van der Waals surface area contributed by atoms with E-state index in [2.05, 4.69) is 24.4 Å². The highest BCUT2D eigenvalue weighted by molar-refractivity contribution is 5.95. The maximum absolute atomic E-state index is 12.0. The van der Waals surface area contributed by atoms with Gasteiger partial charge in [-0.05, 0) is 38.1 Å². The van der Waals surface area contributed by atoms with Crippen LogP contribution >= 0.6 is 0 Å². The van der Waals surface area contributed by atoms with Gasteiger partial charge in [-0.3, -0.25) is 9.59 Å². The standard InChI is InChI=1S/C18H20N2O2/c1-13(15-6-4-3-5-7-15)19-12-18(22)20-17-10-8-16(9-11-17)14(2)21/h3-11,13,19H,12H2,1-2H3,(H,20,22)/p+1/t13-/m0/s1. The Labute approximate surface area is 130 Å². The Kier molecular flexibility index (Phi) is 5.44. The fourth-order valence-electron chi connectivity index (χ4n) is 2.18. The van der Waals surface area contributed by atoms with Gasteiger partial charge in [-0.15, -0.1) is 0 Å². The van der Waals surface area contributed by atoms with Crippen molar-refractivity contribution in [2.75, 3.05) is 11.9 Å². The third-order valence-corrected chi connectivity index (χ3v) is 3.56. The van der Waals surface area contributed by atoms with Gasteiger partial charge in [0.1, 0.15) is 6.04 Å². The lowest BCUT2D eigenvalue weighted by atomic mass is 10.1. The maximum Gasteiger partial charge on any atom is 0.279 e. The number of quaternary nitrogens is 1. The summed E-state index contributed by atoms with van der Waals surface area (Å²) in [6.45, 7) is 3.95. The lowest BCUT2D eigenvalue weighted by molar-refractivity contribution is -0.682. The average Bonchev–Trinajstić information content (AvgIpc) is 2.54. The zero-order valence-corrected chi connectivity index (χ0v) is 12.9. The van der Waals surface area contributed by atoms with Crippen molar-refractivity contribution in [3.8, 4) is 0 Å². The zero-order valence-electron chi connectivity index (χ0n) is 12.9. The number of Topliss-reactive ketones (excluding diaryl/α,β-unsaturated/α-hetero) is 1. The van der Waals surface area contributed by atoms with E-state index in [0.29, 0.717) is 17.8 Å². The van der Waals surface area contributed by atoms with Crippen molar-refractivity contribution in [2.24, 2.45) is 0 Å². The van der Waals surface area contributed by atoms with Crippen LogP contribution in [-0.2, 0) is 4.79 Å². The van der Waals surface area contributed by atoms with E-state index in [9.17, 15) is 9.59 Å². The van der Waals surface area contributed by atoms with Gasteiger partial charge in [-0.1, -0.05) is 30.3 Å². The molecule has 0 unspecified atom stereocenters. The molecule has 2 aromatic carbocycles. The summed E-state index contributed by atoms with van der Waals surface area (Å²) in [6.07, 6.45) is 0. The number of amides is 1. The Morgan fingerprint density at radius 3 is 2.27 bits per heavy atom. The van der Waals surface area contributed by atoms with Crippen molar-refractivity contribution in [1.29, 1.82) is 0 Å². The molecule has 1 amide bonds. The highest BCUT2D eigenvalue weighted by Gasteiger charge is 2.11. The van der Waals surface area contributed by atoms with Gasteiger partial charge < -0.3 is 10.6 Å². The molecule has 2 aromatic rings. The summed E-state index contributed by atoms with van der Waals surface area (Å²) < 4.78 is 0. The molecule has 1 atom stereocenters. The maximum atomic E-state index is 12.0. The van der Waals surface area contributed by atoms with Crippen molar-refractivity contribution in [2.45, 2.75) is 19.9 Å². The molecular weight excluding hydrogens is 276 g/mol. The number of ketones is 1. The summed E-state index contributed by atoms with van der Waals surface area (Å²) in [6, 6.07) is 17.2. The van der Waals surface area contributed by atoms with Gasteiger partial charge >= 0.3 is 0 Å². The lowest BCUT2D eigenvalue weighted by Crippen LogP contribution is -2.86. The molecule has 0 spiro atoms. The molecule has 0 radical (unpaired) electrons. The molecule has 114 valence electrons. The molecule has 0 aliphatic heterocycles. The van der Waals surface area contributed by atoms with Gasteiger partial charge in [0.05, 0.1) is 0 Å². The molecule has 0 saturated heterocycles. The summed E-state index contributed by atoms with van der Waals surface area (Å²) in [5, 5.41) is 4.83. The molecule has 3 N–H and O–H groups in total. The molecule has 4 nitrogen and oxygen atoms in total. The predicted molar refractivity (Wildman–Crippen MR) is 86.7 cm³/mol. The van der Waals surface area contributed by atoms with E-state index >= 15 is 0 Å². The quantitative estimate of drug-likeness (QED) is 0.803. The van der Waals surface area contributed by atoms with Gasteiger partial charge in [0.15, 0.2) is 12.3 Å². The fourth-order valence-corrected chi connectivity index (χ4v) is 2.18. The molecule has 0 heterocycles. The van der Waals surface area contributed by atoms with E-state index in [1.165, 1.54) is 12.5 Å².